The molecule has 0 aliphatic heterocycles. The van der Waals surface area contributed by atoms with Gasteiger partial charge in [-0.3, -0.25) is 0 Å². The minimum atomic E-state index is 0.468. The Hall–Kier alpha value is -0.550. The number of hydrogen-bond acceptors (Lipinski definition) is 4. The van der Waals surface area contributed by atoms with Gasteiger partial charge in [-0.05, 0) is 25.5 Å². The lowest BCUT2D eigenvalue weighted by atomic mass is 10.1. The average Bonchev–Trinajstić information content (AvgIpc) is 3.01. The van der Waals surface area contributed by atoms with E-state index in [1.807, 2.05) is 16.4 Å². The molecule has 1 N–H and O–H groups in total. The third kappa shape index (κ3) is 3.26. The molecular formula is C13H24N4S. The van der Waals surface area contributed by atoms with Gasteiger partial charge in [-0.2, -0.15) is 16.9 Å². The summed E-state index contributed by atoms with van der Waals surface area (Å²) in [5.74, 6) is 1.06. The van der Waals surface area contributed by atoms with Crippen LogP contribution in [0.3, 0.4) is 0 Å². The highest BCUT2D eigenvalue weighted by Crippen LogP contribution is 2.39. The molecule has 1 aliphatic carbocycles. The van der Waals surface area contributed by atoms with E-state index in [0.717, 1.165) is 31.9 Å². The minimum Gasteiger partial charge on any atom is -0.308 e. The van der Waals surface area contributed by atoms with Crippen molar-refractivity contribution >= 4 is 11.8 Å². The lowest BCUT2D eigenvalue weighted by molar-refractivity contribution is 0.500. The van der Waals surface area contributed by atoms with E-state index in [1.165, 1.54) is 25.7 Å². The molecule has 5 heteroatoms. The molecule has 1 saturated carbocycles. The summed E-state index contributed by atoms with van der Waals surface area (Å²) in [6.07, 6.45) is 10.5. The zero-order chi connectivity index (χ0) is 12.8. The van der Waals surface area contributed by atoms with Crippen molar-refractivity contribution < 1.29 is 0 Å². The molecule has 0 saturated heterocycles. The van der Waals surface area contributed by atoms with Crippen molar-refractivity contribution in [1.29, 1.82) is 0 Å². The van der Waals surface area contributed by atoms with Crippen LogP contribution in [0.4, 0.5) is 0 Å². The highest BCUT2D eigenvalue weighted by molar-refractivity contribution is 8.00. The lowest BCUT2D eigenvalue weighted by Gasteiger charge is -2.26. The molecule has 1 aromatic rings. The summed E-state index contributed by atoms with van der Waals surface area (Å²) < 4.78 is 2.48. The van der Waals surface area contributed by atoms with Crippen LogP contribution in [0.5, 0.6) is 0 Å². The number of hydrogen-bond donors (Lipinski definition) is 1. The standard InChI is InChI=1S/C13H24N4S/c1-3-8-17-12(15-11-16-17)9-14-10-13(18-2)6-4-5-7-13/h11,14H,3-10H2,1-2H3. The third-order valence-electron chi connectivity index (χ3n) is 3.81. The van der Waals surface area contributed by atoms with Crippen molar-refractivity contribution in [2.24, 2.45) is 0 Å². The molecule has 0 bridgehead atoms. The van der Waals surface area contributed by atoms with E-state index in [1.54, 1.807) is 6.33 Å². The lowest BCUT2D eigenvalue weighted by Crippen LogP contribution is -2.35. The Morgan fingerprint density at radius 3 is 2.89 bits per heavy atom. The predicted molar refractivity (Wildman–Crippen MR) is 76.7 cm³/mol. The maximum Gasteiger partial charge on any atom is 0.140 e. The maximum atomic E-state index is 4.33. The first kappa shape index (κ1) is 13.9. The monoisotopic (exact) mass is 268 g/mol. The van der Waals surface area contributed by atoms with Crippen LogP contribution in [0.25, 0.3) is 0 Å². The van der Waals surface area contributed by atoms with Crippen LogP contribution in [0.1, 0.15) is 44.9 Å². The molecule has 1 aliphatic rings. The van der Waals surface area contributed by atoms with Gasteiger partial charge >= 0.3 is 0 Å². The number of aryl methyl sites for hydroxylation is 1. The van der Waals surface area contributed by atoms with Crippen LogP contribution < -0.4 is 5.32 Å². The molecule has 0 amide bonds. The van der Waals surface area contributed by atoms with Crippen LogP contribution in [-0.2, 0) is 13.1 Å². The van der Waals surface area contributed by atoms with Gasteiger partial charge in [0.05, 0.1) is 6.54 Å². The predicted octanol–water partition coefficient (Wildman–Crippen LogP) is 2.45. The summed E-state index contributed by atoms with van der Waals surface area (Å²) in [6.45, 7) is 5.06. The largest absolute Gasteiger partial charge is 0.308 e. The molecule has 0 spiro atoms. The zero-order valence-corrected chi connectivity index (χ0v) is 12.3. The van der Waals surface area contributed by atoms with Crippen LogP contribution in [0.2, 0.25) is 0 Å². The van der Waals surface area contributed by atoms with Gasteiger partial charge in [0.15, 0.2) is 0 Å². The van der Waals surface area contributed by atoms with E-state index in [2.05, 4.69) is 28.6 Å². The fourth-order valence-electron chi connectivity index (χ4n) is 2.70. The average molecular weight is 268 g/mol. The van der Waals surface area contributed by atoms with Gasteiger partial charge in [-0.25, -0.2) is 9.67 Å². The van der Waals surface area contributed by atoms with Gasteiger partial charge in [0, 0.05) is 17.8 Å². The van der Waals surface area contributed by atoms with Crippen molar-refractivity contribution in [2.45, 2.75) is 56.9 Å². The molecule has 4 nitrogen and oxygen atoms in total. The smallest absolute Gasteiger partial charge is 0.140 e. The van der Waals surface area contributed by atoms with E-state index < -0.39 is 0 Å². The van der Waals surface area contributed by atoms with Crippen molar-refractivity contribution in [1.82, 2.24) is 20.1 Å². The summed E-state index contributed by atoms with van der Waals surface area (Å²) in [6, 6.07) is 0. The van der Waals surface area contributed by atoms with Gasteiger partial charge in [-0.1, -0.05) is 19.8 Å². The van der Waals surface area contributed by atoms with E-state index in [0.29, 0.717) is 4.75 Å². The first-order valence-corrected chi connectivity index (χ1v) is 8.15. The SMILES string of the molecule is CCCn1ncnc1CNCC1(SC)CCCC1. The molecule has 0 atom stereocenters. The van der Waals surface area contributed by atoms with Gasteiger partial charge in [0.2, 0.25) is 0 Å². The summed E-state index contributed by atoms with van der Waals surface area (Å²) in [5, 5.41) is 7.83. The molecular weight excluding hydrogens is 244 g/mol. The molecule has 0 aromatic carbocycles. The topological polar surface area (TPSA) is 42.7 Å². The van der Waals surface area contributed by atoms with Crippen molar-refractivity contribution in [3.05, 3.63) is 12.2 Å². The minimum absolute atomic E-state index is 0.468. The molecule has 2 rings (SSSR count). The molecule has 0 unspecified atom stereocenters. The van der Waals surface area contributed by atoms with Crippen molar-refractivity contribution in [3.63, 3.8) is 0 Å². The number of nitrogens with zero attached hydrogens (tertiary/aromatic N) is 3. The van der Waals surface area contributed by atoms with E-state index in [4.69, 9.17) is 0 Å². The maximum absolute atomic E-state index is 4.33. The second-order valence-corrected chi connectivity index (χ2v) is 6.37. The fraction of sp³-hybridized carbons (Fsp3) is 0.846. The normalized spacial score (nSPS) is 18.3. The summed E-state index contributed by atoms with van der Waals surface area (Å²) in [5.41, 5.74) is 0. The highest BCUT2D eigenvalue weighted by atomic mass is 32.2. The van der Waals surface area contributed by atoms with E-state index in [-0.39, 0.29) is 0 Å². The Balaban J connectivity index is 1.82. The number of aromatic nitrogens is 3. The molecule has 102 valence electrons. The van der Waals surface area contributed by atoms with Gasteiger partial charge in [-0.15, -0.1) is 0 Å². The van der Waals surface area contributed by atoms with Gasteiger partial charge in [0.25, 0.3) is 0 Å². The van der Waals surface area contributed by atoms with E-state index >= 15 is 0 Å². The summed E-state index contributed by atoms with van der Waals surface area (Å²) in [4.78, 5) is 4.33. The Kier molecular flexibility index (Phi) is 5.06. The molecule has 1 fully saturated rings. The summed E-state index contributed by atoms with van der Waals surface area (Å²) >= 11 is 2.03. The molecule has 1 aromatic heterocycles. The second-order valence-electron chi connectivity index (χ2n) is 5.10. The van der Waals surface area contributed by atoms with Crippen LogP contribution >= 0.6 is 11.8 Å². The van der Waals surface area contributed by atoms with Crippen LogP contribution in [0.15, 0.2) is 6.33 Å². The van der Waals surface area contributed by atoms with Crippen molar-refractivity contribution in [3.8, 4) is 0 Å². The quantitative estimate of drug-likeness (QED) is 0.825. The van der Waals surface area contributed by atoms with Crippen LogP contribution in [0, 0.1) is 0 Å². The number of rotatable bonds is 7. The van der Waals surface area contributed by atoms with Crippen LogP contribution in [-0.4, -0.2) is 32.3 Å². The number of thioether (sulfide) groups is 1. The second kappa shape index (κ2) is 6.57. The van der Waals surface area contributed by atoms with E-state index in [9.17, 15) is 0 Å². The molecule has 18 heavy (non-hydrogen) atoms. The third-order valence-corrected chi connectivity index (χ3v) is 5.23. The Morgan fingerprint density at radius 1 is 1.44 bits per heavy atom. The highest BCUT2D eigenvalue weighted by Gasteiger charge is 2.32. The fourth-order valence-corrected chi connectivity index (χ4v) is 3.64. The summed E-state index contributed by atoms with van der Waals surface area (Å²) in [7, 11) is 0. The molecule has 0 radical (unpaired) electrons. The molecule has 1 heterocycles. The first-order chi connectivity index (χ1) is 8.79. The Bertz CT molecular complexity index is 358. The zero-order valence-electron chi connectivity index (χ0n) is 11.5. The number of nitrogens with one attached hydrogen (secondary N) is 1. The van der Waals surface area contributed by atoms with Gasteiger partial charge in [0.1, 0.15) is 12.2 Å². The van der Waals surface area contributed by atoms with Crippen molar-refractivity contribution in [2.75, 3.05) is 12.8 Å². The Labute approximate surface area is 114 Å². The van der Waals surface area contributed by atoms with Gasteiger partial charge < -0.3 is 5.32 Å². The Morgan fingerprint density at radius 2 is 2.22 bits per heavy atom. The first-order valence-electron chi connectivity index (χ1n) is 6.92.